The number of halogens is 1. The Balaban J connectivity index is 1.91. The summed E-state index contributed by atoms with van der Waals surface area (Å²) in [5.74, 6) is -0.740. The zero-order valence-corrected chi connectivity index (χ0v) is 14.6. The number of hydrogen-bond acceptors (Lipinski definition) is 6. The molecule has 1 aliphatic heterocycles. The molecule has 1 N–H and O–H groups in total. The highest BCUT2D eigenvalue weighted by atomic mass is 35.5. The van der Waals surface area contributed by atoms with Gasteiger partial charge in [-0.3, -0.25) is 24.6 Å². The van der Waals surface area contributed by atoms with Gasteiger partial charge in [0.05, 0.1) is 34.7 Å². The van der Waals surface area contributed by atoms with Crippen molar-refractivity contribution in [3.63, 3.8) is 0 Å². The highest BCUT2D eigenvalue weighted by Gasteiger charge is 2.27. The van der Waals surface area contributed by atoms with E-state index in [9.17, 15) is 19.7 Å². The van der Waals surface area contributed by atoms with Crippen LogP contribution in [-0.2, 0) is 14.3 Å². The molecule has 1 fully saturated rings. The third kappa shape index (κ3) is 5.40. The predicted octanol–water partition coefficient (Wildman–Crippen LogP) is 2.46. The summed E-state index contributed by atoms with van der Waals surface area (Å²) < 4.78 is 5.04. The first-order valence-electron chi connectivity index (χ1n) is 8.03. The normalized spacial score (nSPS) is 17.8. The molecule has 1 unspecified atom stereocenters. The third-order valence-electron chi connectivity index (χ3n) is 3.93. The minimum Gasteiger partial charge on any atom is -0.466 e. The van der Waals surface area contributed by atoms with E-state index in [2.05, 4.69) is 5.32 Å². The van der Waals surface area contributed by atoms with E-state index in [0.717, 1.165) is 19.4 Å². The van der Waals surface area contributed by atoms with Gasteiger partial charge in [0.2, 0.25) is 5.91 Å². The van der Waals surface area contributed by atoms with Crippen molar-refractivity contribution < 1.29 is 19.2 Å². The molecule has 1 aromatic carbocycles. The lowest BCUT2D eigenvalue weighted by Gasteiger charge is -2.30. The van der Waals surface area contributed by atoms with Gasteiger partial charge in [0, 0.05) is 18.7 Å². The van der Waals surface area contributed by atoms with Crippen molar-refractivity contribution in [1.29, 1.82) is 0 Å². The number of carbonyl (C=O) groups excluding carboxylic acids is 2. The molecule has 9 heteroatoms. The number of ether oxygens (including phenoxy) is 1. The van der Waals surface area contributed by atoms with Crippen LogP contribution in [0.3, 0.4) is 0 Å². The summed E-state index contributed by atoms with van der Waals surface area (Å²) in [6, 6.07) is 3.87. The fraction of sp³-hybridized carbons (Fsp3) is 0.500. The van der Waals surface area contributed by atoms with E-state index >= 15 is 0 Å². The molecule has 0 bridgehead atoms. The van der Waals surface area contributed by atoms with Crippen LogP contribution in [0, 0.1) is 16.0 Å². The van der Waals surface area contributed by atoms with Crippen molar-refractivity contribution in [3.05, 3.63) is 33.3 Å². The number of piperidine rings is 1. The number of non-ortho nitro benzene ring substituents is 1. The van der Waals surface area contributed by atoms with E-state index in [1.807, 2.05) is 4.90 Å². The molecule has 0 radical (unpaired) electrons. The Labute approximate surface area is 150 Å². The van der Waals surface area contributed by atoms with Gasteiger partial charge in [-0.25, -0.2) is 0 Å². The Morgan fingerprint density at radius 2 is 2.24 bits per heavy atom. The molecular weight excluding hydrogens is 350 g/mol. The maximum atomic E-state index is 12.2. The average molecular weight is 370 g/mol. The van der Waals surface area contributed by atoms with E-state index in [1.165, 1.54) is 18.2 Å². The number of nitrogens with zero attached hydrogens (tertiary/aromatic N) is 2. The molecule has 2 rings (SSSR count). The standard InChI is InChI=1S/C16H20ClN3O5/c1-2-25-16(22)11-4-3-7-19(9-11)10-15(21)18-14-6-5-12(20(23)24)8-13(14)17/h5-6,8,11H,2-4,7,9-10H2,1H3,(H,18,21). The summed E-state index contributed by atoms with van der Waals surface area (Å²) >= 11 is 5.97. The van der Waals surface area contributed by atoms with Crippen molar-refractivity contribution >= 4 is 34.9 Å². The molecule has 136 valence electrons. The van der Waals surface area contributed by atoms with Gasteiger partial charge in [0.15, 0.2) is 0 Å². The third-order valence-corrected chi connectivity index (χ3v) is 4.24. The number of carbonyl (C=O) groups is 2. The number of amides is 1. The van der Waals surface area contributed by atoms with Crippen LogP contribution in [0.4, 0.5) is 11.4 Å². The quantitative estimate of drug-likeness (QED) is 0.469. The first-order chi connectivity index (χ1) is 11.9. The molecule has 0 spiro atoms. The Morgan fingerprint density at radius 3 is 2.88 bits per heavy atom. The molecule has 25 heavy (non-hydrogen) atoms. The summed E-state index contributed by atoms with van der Waals surface area (Å²) in [5.41, 5.74) is 0.174. The molecule has 1 heterocycles. The maximum Gasteiger partial charge on any atom is 0.310 e. The number of likely N-dealkylation sites (tertiary alicyclic amines) is 1. The summed E-state index contributed by atoms with van der Waals surface area (Å²) in [7, 11) is 0. The van der Waals surface area contributed by atoms with E-state index in [0.29, 0.717) is 18.8 Å². The van der Waals surface area contributed by atoms with Crippen LogP contribution in [0.5, 0.6) is 0 Å². The van der Waals surface area contributed by atoms with Crippen LogP contribution in [0.1, 0.15) is 19.8 Å². The number of rotatable bonds is 6. The lowest BCUT2D eigenvalue weighted by molar-refractivity contribution is -0.384. The van der Waals surface area contributed by atoms with E-state index in [1.54, 1.807) is 6.92 Å². The number of esters is 1. The minimum atomic E-state index is -0.555. The molecule has 0 aromatic heterocycles. The Bertz CT molecular complexity index is 667. The van der Waals surface area contributed by atoms with Gasteiger partial charge in [-0.2, -0.15) is 0 Å². The second-order valence-corrected chi connectivity index (χ2v) is 6.20. The highest BCUT2D eigenvalue weighted by Crippen LogP contribution is 2.26. The van der Waals surface area contributed by atoms with Crippen LogP contribution in [-0.4, -0.2) is 47.9 Å². The Kier molecular flexibility index (Phi) is 6.72. The molecule has 1 aromatic rings. The number of hydrogen-bond donors (Lipinski definition) is 1. The molecule has 1 aliphatic rings. The first kappa shape index (κ1) is 19.1. The number of benzene rings is 1. The number of anilines is 1. The molecule has 1 atom stereocenters. The van der Waals surface area contributed by atoms with Crippen molar-refractivity contribution in [1.82, 2.24) is 4.90 Å². The van der Waals surface area contributed by atoms with Gasteiger partial charge in [0.25, 0.3) is 5.69 Å². The monoisotopic (exact) mass is 369 g/mol. The summed E-state index contributed by atoms with van der Waals surface area (Å²) in [6.45, 7) is 3.41. The summed E-state index contributed by atoms with van der Waals surface area (Å²) in [5, 5.41) is 13.4. The van der Waals surface area contributed by atoms with Gasteiger partial charge in [-0.1, -0.05) is 11.6 Å². The van der Waals surface area contributed by atoms with Crippen molar-refractivity contribution in [3.8, 4) is 0 Å². The van der Waals surface area contributed by atoms with Crippen LogP contribution in [0.15, 0.2) is 18.2 Å². The molecule has 1 amide bonds. The largest absolute Gasteiger partial charge is 0.466 e. The summed E-state index contributed by atoms with van der Waals surface area (Å²) in [4.78, 5) is 36.1. The number of nitro groups is 1. The van der Waals surface area contributed by atoms with Gasteiger partial charge in [-0.05, 0) is 32.4 Å². The Hall–Kier alpha value is -2.19. The van der Waals surface area contributed by atoms with Gasteiger partial charge in [0.1, 0.15) is 0 Å². The van der Waals surface area contributed by atoms with E-state index in [4.69, 9.17) is 16.3 Å². The fourth-order valence-corrected chi connectivity index (χ4v) is 2.99. The van der Waals surface area contributed by atoms with Crippen LogP contribution >= 0.6 is 11.6 Å². The predicted molar refractivity (Wildman–Crippen MR) is 92.5 cm³/mol. The lowest BCUT2D eigenvalue weighted by Crippen LogP contribution is -2.43. The smallest absolute Gasteiger partial charge is 0.310 e. The second kappa shape index (κ2) is 8.77. The van der Waals surface area contributed by atoms with E-state index < -0.39 is 4.92 Å². The average Bonchev–Trinajstić information content (AvgIpc) is 2.57. The molecule has 1 saturated heterocycles. The maximum absolute atomic E-state index is 12.2. The molecule has 8 nitrogen and oxygen atoms in total. The molecular formula is C16H20ClN3O5. The zero-order valence-electron chi connectivity index (χ0n) is 13.9. The Morgan fingerprint density at radius 1 is 1.48 bits per heavy atom. The number of nitrogens with one attached hydrogen (secondary N) is 1. The minimum absolute atomic E-state index is 0.102. The van der Waals surface area contributed by atoms with Gasteiger partial charge < -0.3 is 10.1 Å². The topological polar surface area (TPSA) is 102 Å². The van der Waals surface area contributed by atoms with Crippen LogP contribution < -0.4 is 5.32 Å². The van der Waals surface area contributed by atoms with Crippen molar-refractivity contribution in [2.45, 2.75) is 19.8 Å². The van der Waals surface area contributed by atoms with Crippen LogP contribution in [0.2, 0.25) is 5.02 Å². The molecule has 0 saturated carbocycles. The van der Waals surface area contributed by atoms with Gasteiger partial charge >= 0.3 is 5.97 Å². The fourth-order valence-electron chi connectivity index (χ4n) is 2.76. The number of nitro benzene ring substituents is 1. The first-order valence-corrected chi connectivity index (χ1v) is 8.41. The zero-order chi connectivity index (χ0) is 18.4. The summed E-state index contributed by atoms with van der Waals surface area (Å²) in [6.07, 6.45) is 1.57. The SMILES string of the molecule is CCOC(=O)C1CCCN(CC(=O)Nc2ccc([N+](=O)[O-])cc2Cl)C1. The second-order valence-electron chi connectivity index (χ2n) is 5.80. The van der Waals surface area contributed by atoms with Gasteiger partial charge in [-0.15, -0.1) is 0 Å². The van der Waals surface area contributed by atoms with Crippen molar-refractivity contribution in [2.75, 3.05) is 31.6 Å². The lowest BCUT2D eigenvalue weighted by atomic mass is 9.98. The van der Waals surface area contributed by atoms with Crippen molar-refractivity contribution in [2.24, 2.45) is 5.92 Å². The van der Waals surface area contributed by atoms with E-state index in [-0.39, 0.29) is 35.0 Å². The van der Waals surface area contributed by atoms with Crippen LogP contribution in [0.25, 0.3) is 0 Å². The molecule has 0 aliphatic carbocycles. The highest BCUT2D eigenvalue weighted by molar-refractivity contribution is 6.34.